The summed E-state index contributed by atoms with van der Waals surface area (Å²) in [4.78, 5) is 4.17. The van der Waals surface area contributed by atoms with E-state index in [1.54, 1.807) is 29.2 Å². The van der Waals surface area contributed by atoms with E-state index in [0.717, 1.165) is 6.54 Å². The predicted molar refractivity (Wildman–Crippen MR) is 67.5 cm³/mol. The van der Waals surface area contributed by atoms with Gasteiger partial charge in [0.25, 0.3) is 0 Å². The molecule has 0 radical (unpaired) electrons. The highest BCUT2D eigenvalue weighted by molar-refractivity contribution is 5.27. The number of hydrogen-bond donors (Lipinski definition) is 1. The van der Waals surface area contributed by atoms with Crippen LogP contribution in [0.25, 0.3) is 0 Å². The summed E-state index contributed by atoms with van der Waals surface area (Å²) < 4.78 is 7.39. The van der Waals surface area contributed by atoms with Gasteiger partial charge >= 0.3 is 0 Å². The summed E-state index contributed by atoms with van der Waals surface area (Å²) in [5.74, 6) is 1.32. The summed E-state index contributed by atoms with van der Waals surface area (Å²) in [5, 5.41) is 13.7. The molecule has 5 heteroatoms. The van der Waals surface area contributed by atoms with Gasteiger partial charge in [-0.3, -0.25) is 9.67 Å². The summed E-state index contributed by atoms with van der Waals surface area (Å²) >= 11 is 0. The lowest BCUT2D eigenvalue weighted by Gasteiger charge is -2.07. The van der Waals surface area contributed by atoms with E-state index < -0.39 is 6.10 Å². The molecule has 2 aromatic rings. The first-order valence-electron chi connectivity index (χ1n) is 6.07. The van der Waals surface area contributed by atoms with Crippen molar-refractivity contribution < 1.29 is 9.84 Å². The number of ether oxygens (including phenoxy) is 1. The molecule has 2 heterocycles. The molecule has 0 bridgehead atoms. The second kappa shape index (κ2) is 5.64. The van der Waals surface area contributed by atoms with Gasteiger partial charge in [0.2, 0.25) is 0 Å². The van der Waals surface area contributed by atoms with Crippen LogP contribution >= 0.6 is 0 Å². The molecular weight excluding hydrogens is 230 g/mol. The maximum Gasteiger partial charge on any atom is 0.165 e. The standard InChI is InChI=1S/C13H17N3O2/c1-3-13(17)12-6-5-10(7-14-12)18-11-8-15-16(4-2)9-11/h5-9,13,17H,3-4H2,1-2H3. The molecule has 96 valence electrons. The SMILES string of the molecule is CCC(O)c1ccc(Oc2cnn(CC)c2)cn1. The number of hydrogen-bond acceptors (Lipinski definition) is 4. The molecule has 18 heavy (non-hydrogen) atoms. The predicted octanol–water partition coefficient (Wildman–Crippen LogP) is 2.53. The third kappa shape index (κ3) is 2.87. The molecule has 0 aliphatic carbocycles. The summed E-state index contributed by atoms with van der Waals surface area (Å²) in [5.41, 5.74) is 0.661. The minimum absolute atomic E-state index is 0.512. The van der Waals surface area contributed by atoms with Gasteiger partial charge in [-0.1, -0.05) is 6.92 Å². The van der Waals surface area contributed by atoms with Crippen LogP contribution in [0.3, 0.4) is 0 Å². The normalized spacial score (nSPS) is 12.4. The van der Waals surface area contributed by atoms with E-state index >= 15 is 0 Å². The lowest BCUT2D eigenvalue weighted by Crippen LogP contribution is -1.98. The van der Waals surface area contributed by atoms with Crippen molar-refractivity contribution in [2.75, 3.05) is 0 Å². The summed E-state index contributed by atoms with van der Waals surface area (Å²) in [6.45, 7) is 4.73. The van der Waals surface area contributed by atoms with E-state index in [4.69, 9.17) is 4.74 Å². The number of pyridine rings is 1. The van der Waals surface area contributed by atoms with Crippen LogP contribution in [0.2, 0.25) is 0 Å². The third-order valence-corrected chi connectivity index (χ3v) is 2.66. The fraction of sp³-hybridized carbons (Fsp3) is 0.385. The fourth-order valence-electron chi connectivity index (χ4n) is 1.56. The lowest BCUT2D eigenvalue weighted by atomic mass is 10.2. The first-order chi connectivity index (χ1) is 8.72. The van der Waals surface area contributed by atoms with Gasteiger partial charge in [-0.15, -0.1) is 0 Å². The maximum absolute atomic E-state index is 9.63. The zero-order chi connectivity index (χ0) is 13.0. The van der Waals surface area contributed by atoms with Crippen molar-refractivity contribution in [1.29, 1.82) is 0 Å². The van der Waals surface area contributed by atoms with Crippen molar-refractivity contribution >= 4 is 0 Å². The molecule has 1 unspecified atom stereocenters. The van der Waals surface area contributed by atoms with Crippen LogP contribution in [0.1, 0.15) is 32.1 Å². The van der Waals surface area contributed by atoms with Crippen molar-refractivity contribution in [3.8, 4) is 11.5 Å². The highest BCUT2D eigenvalue weighted by atomic mass is 16.5. The Morgan fingerprint density at radius 1 is 1.28 bits per heavy atom. The Balaban J connectivity index is 2.06. The molecule has 0 fully saturated rings. The molecule has 1 N–H and O–H groups in total. The number of nitrogens with zero attached hydrogens (tertiary/aromatic N) is 3. The average molecular weight is 247 g/mol. The van der Waals surface area contributed by atoms with E-state index in [1.165, 1.54) is 0 Å². The van der Waals surface area contributed by atoms with Crippen molar-refractivity contribution in [1.82, 2.24) is 14.8 Å². The highest BCUT2D eigenvalue weighted by Gasteiger charge is 2.07. The minimum Gasteiger partial charge on any atom is -0.452 e. The van der Waals surface area contributed by atoms with Gasteiger partial charge in [0, 0.05) is 6.54 Å². The Kier molecular flexibility index (Phi) is 3.94. The Hall–Kier alpha value is -1.88. The molecule has 0 saturated carbocycles. The maximum atomic E-state index is 9.63. The Morgan fingerprint density at radius 2 is 2.11 bits per heavy atom. The monoisotopic (exact) mass is 247 g/mol. The quantitative estimate of drug-likeness (QED) is 0.882. The van der Waals surface area contributed by atoms with E-state index in [0.29, 0.717) is 23.6 Å². The van der Waals surface area contributed by atoms with E-state index in [2.05, 4.69) is 10.1 Å². The molecule has 5 nitrogen and oxygen atoms in total. The third-order valence-electron chi connectivity index (χ3n) is 2.66. The zero-order valence-corrected chi connectivity index (χ0v) is 10.6. The second-order valence-corrected chi connectivity index (χ2v) is 3.98. The highest BCUT2D eigenvalue weighted by Crippen LogP contribution is 2.21. The number of aryl methyl sites for hydroxylation is 1. The van der Waals surface area contributed by atoms with Gasteiger partial charge in [-0.25, -0.2) is 0 Å². The molecule has 2 aromatic heterocycles. The van der Waals surface area contributed by atoms with Gasteiger partial charge in [-0.2, -0.15) is 5.10 Å². The van der Waals surface area contributed by atoms with Gasteiger partial charge in [-0.05, 0) is 25.5 Å². The molecular formula is C13H17N3O2. The number of aliphatic hydroxyl groups is 1. The Bertz CT molecular complexity index is 493. The van der Waals surface area contributed by atoms with Crippen LogP contribution in [0.15, 0.2) is 30.7 Å². The lowest BCUT2D eigenvalue weighted by molar-refractivity contribution is 0.169. The molecule has 0 spiro atoms. The molecule has 0 aliphatic rings. The van der Waals surface area contributed by atoms with E-state index in [9.17, 15) is 5.11 Å². The Labute approximate surface area is 106 Å². The largest absolute Gasteiger partial charge is 0.452 e. The van der Waals surface area contributed by atoms with Gasteiger partial charge in [0.15, 0.2) is 5.75 Å². The van der Waals surface area contributed by atoms with Gasteiger partial charge in [0.1, 0.15) is 5.75 Å². The first-order valence-corrected chi connectivity index (χ1v) is 6.07. The van der Waals surface area contributed by atoms with Crippen LogP contribution in [-0.2, 0) is 6.54 Å². The zero-order valence-electron chi connectivity index (χ0n) is 10.6. The van der Waals surface area contributed by atoms with Crippen molar-refractivity contribution in [3.05, 3.63) is 36.4 Å². The van der Waals surface area contributed by atoms with Gasteiger partial charge < -0.3 is 9.84 Å². The Morgan fingerprint density at radius 3 is 2.67 bits per heavy atom. The van der Waals surface area contributed by atoms with Crippen LogP contribution in [0.5, 0.6) is 11.5 Å². The summed E-state index contributed by atoms with van der Waals surface area (Å²) in [6.07, 6.45) is 5.24. The van der Waals surface area contributed by atoms with Crippen LogP contribution in [0, 0.1) is 0 Å². The molecule has 0 amide bonds. The summed E-state index contributed by atoms with van der Waals surface area (Å²) in [7, 11) is 0. The fourth-order valence-corrected chi connectivity index (χ4v) is 1.56. The topological polar surface area (TPSA) is 60.2 Å². The first kappa shape index (κ1) is 12.6. The van der Waals surface area contributed by atoms with Crippen molar-refractivity contribution in [2.45, 2.75) is 32.9 Å². The second-order valence-electron chi connectivity index (χ2n) is 3.98. The molecule has 0 aromatic carbocycles. The molecule has 0 saturated heterocycles. The molecule has 0 aliphatic heterocycles. The minimum atomic E-state index is -0.512. The number of aliphatic hydroxyl groups excluding tert-OH is 1. The van der Waals surface area contributed by atoms with Crippen LogP contribution in [-0.4, -0.2) is 19.9 Å². The van der Waals surface area contributed by atoms with Crippen LogP contribution in [0.4, 0.5) is 0 Å². The molecule has 2 rings (SSSR count). The summed E-state index contributed by atoms with van der Waals surface area (Å²) in [6, 6.07) is 3.57. The van der Waals surface area contributed by atoms with Gasteiger partial charge in [0.05, 0.1) is 30.4 Å². The van der Waals surface area contributed by atoms with Crippen molar-refractivity contribution in [3.63, 3.8) is 0 Å². The van der Waals surface area contributed by atoms with Crippen LogP contribution < -0.4 is 4.74 Å². The molecule has 1 atom stereocenters. The number of aromatic nitrogens is 3. The van der Waals surface area contributed by atoms with E-state index in [-0.39, 0.29) is 0 Å². The van der Waals surface area contributed by atoms with Crippen molar-refractivity contribution in [2.24, 2.45) is 0 Å². The van der Waals surface area contributed by atoms with E-state index in [1.807, 2.05) is 20.0 Å². The number of rotatable bonds is 5. The average Bonchev–Trinajstić information content (AvgIpc) is 2.86. The smallest absolute Gasteiger partial charge is 0.165 e.